The summed E-state index contributed by atoms with van der Waals surface area (Å²) >= 11 is 5.88. The lowest BCUT2D eigenvalue weighted by atomic mass is 10.1. The van der Waals surface area contributed by atoms with E-state index < -0.39 is 22.2 Å². The summed E-state index contributed by atoms with van der Waals surface area (Å²) in [7, 11) is -3.84. The molecule has 1 fully saturated rings. The third kappa shape index (κ3) is 9.41. The highest BCUT2D eigenvalue weighted by molar-refractivity contribution is 7.92. The molecule has 0 aromatic heterocycles. The van der Waals surface area contributed by atoms with Crippen LogP contribution in [-0.4, -0.2) is 64.3 Å². The fourth-order valence-corrected chi connectivity index (χ4v) is 4.35. The number of alkyl halides is 3. The predicted octanol–water partition coefficient (Wildman–Crippen LogP) is 3.57. The van der Waals surface area contributed by atoms with Crippen LogP contribution in [0.5, 0.6) is 0 Å². The van der Waals surface area contributed by atoms with Crippen molar-refractivity contribution in [1.29, 1.82) is 0 Å². The molecular weight excluding hydrogens is 537 g/mol. The number of amides is 1. The molecule has 1 amide bonds. The second-order valence-corrected chi connectivity index (χ2v) is 10.6. The van der Waals surface area contributed by atoms with Gasteiger partial charge in [-0.1, -0.05) is 25.4 Å². The first-order valence-electron chi connectivity index (χ1n) is 11.2. The Kier molecular flexibility index (Phi) is 10.6. The second-order valence-electron chi connectivity index (χ2n) is 8.44. The molecule has 0 aliphatic carbocycles. The normalized spacial score (nSPS) is 14.0. The number of nitrogens with zero attached hydrogens (tertiary/aromatic N) is 1. The summed E-state index contributed by atoms with van der Waals surface area (Å²) in [5.41, 5.74) is 1.53. The van der Waals surface area contributed by atoms with Gasteiger partial charge in [-0.05, 0) is 48.4 Å². The maximum Gasteiger partial charge on any atom is 0.490 e. The van der Waals surface area contributed by atoms with Crippen molar-refractivity contribution in [3.8, 4) is 0 Å². The van der Waals surface area contributed by atoms with Crippen LogP contribution in [0.25, 0.3) is 0 Å². The summed E-state index contributed by atoms with van der Waals surface area (Å²) in [5.74, 6) is -2.67. The van der Waals surface area contributed by atoms with E-state index in [1.54, 1.807) is 18.2 Å². The molecule has 2 aromatic carbocycles. The highest BCUT2D eigenvalue weighted by Crippen LogP contribution is 2.30. The van der Waals surface area contributed by atoms with E-state index in [9.17, 15) is 26.4 Å². The number of nitrogens with one attached hydrogen (secondary N) is 3. The van der Waals surface area contributed by atoms with Crippen LogP contribution in [0.2, 0.25) is 5.02 Å². The minimum Gasteiger partial charge on any atom is -0.475 e. The van der Waals surface area contributed by atoms with Crippen LogP contribution in [0, 0.1) is 5.92 Å². The van der Waals surface area contributed by atoms with Gasteiger partial charge in [0.15, 0.2) is 0 Å². The van der Waals surface area contributed by atoms with Crippen LogP contribution >= 0.6 is 11.6 Å². The third-order valence-electron chi connectivity index (χ3n) is 5.00. The Bertz CT molecular complexity index is 1190. The molecule has 0 saturated carbocycles. The van der Waals surface area contributed by atoms with E-state index in [-0.39, 0.29) is 10.8 Å². The number of aliphatic carboxylic acids is 1. The Morgan fingerprint density at radius 3 is 2.19 bits per heavy atom. The van der Waals surface area contributed by atoms with Crippen molar-refractivity contribution < 1.29 is 36.3 Å². The Morgan fingerprint density at radius 2 is 1.68 bits per heavy atom. The lowest BCUT2D eigenvalue weighted by molar-refractivity contribution is -0.192. The fourth-order valence-electron chi connectivity index (χ4n) is 3.16. The van der Waals surface area contributed by atoms with Gasteiger partial charge in [-0.15, -0.1) is 0 Å². The Balaban J connectivity index is 0.000000604. The van der Waals surface area contributed by atoms with Gasteiger partial charge in [-0.2, -0.15) is 13.2 Å². The molecule has 4 N–H and O–H groups in total. The first kappa shape index (κ1) is 30.2. The average Bonchev–Trinajstić information content (AvgIpc) is 2.83. The van der Waals surface area contributed by atoms with Crippen molar-refractivity contribution in [3.63, 3.8) is 0 Å². The number of hydrogen-bond acceptors (Lipinski definition) is 6. The van der Waals surface area contributed by atoms with Crippen LogP contribution < -0.4 is 20.3 Å². The summed E-state index contributed by atoms with van der Waals surface area (Å²) in [4.78, 5) is 23.6. The zero-order valence-electron chi connectivity index (χ0n) is 20.1. The molecule has 1 heterocycles. The van der Waals surface area contributed by atoms with Gasteiger partial charge in [-0.3, -0.25) is 9.52 Å². The summed E-state index contributed by atoms with van der Waals surface area (Å²) < 4.78 is 60.3. The van der Waals surface area contributed by atoms with Crippen molar-refractivity contribution >= 4 is 44.9 Å². The Morgan fingerprint density at radius 1 is 1.11 bits per heavy atom. The highest BCUT2D eigenvalue weighted by Gasteiger charge is 2.38. The van der Waals surface area contributed by atoms with Crippen molar-refractivity contribution in [2.24, 2.45) is 5.92 Å². The molecule has 9 nitrogen and oxygen atoms in total. The average molecular weight is 565 g/mol. The molecular formula is C23H28ClF3N4O5S. The van der Waals surface area contributed by atoms with Crippen molar-refractivity contribution in [1.82, 2.24) is 10.6 Å². The third-order valence-corrected chi connectivity index (χ3v) is 6.63. The zero-order chi connectivity index (χ0) is 27.8. The number of sulfonamides is 1. The fraction of sp³-hybridized carbons (Fsp3) is 0.391. The van der Waals surface area contributed by atoms with Crippen molar-refractivity contribution in [2.75, 3.05) is 42.3 Å². The largest absolute Gasteiger partial charge is 0.490 e. The number of carboxylic acid groups (broad SMARTS) is 1. The molecule has 0 unspecified atom stereocenters. The number of carbonyl (C=O) groups is 2. The topological polar surface area (TPSA) is 128 Å². The predicted molar refractivity (Wildman–Crippen MR) is 135 cm³/mol. The van der Waals surface area contributed by atoms with Gasteiger partial charge < -0.3 is 20.6 Å². The summed E-state index contributed by atoms with van der Waals surface area (Å²) in [6.45, 7) is 7.67. The molecule has 1 aliphatic rings. The van der Waals surface area contributed by atoms with E-state index in [2.05, 4.69) is 20.3 Å². The summed E-state index contributed by atoms with van der Waals surface area (Å²) in [6.07, 6.45) is -5.08. The van der Waals surface area contributed by atoms with E-state index >= 15 is 0 Å². The number of benzene rings is 2. The minimum absolute atomic E-state index is 0.104. The monoisotopic (exact) mass is 564 g/mol. The lowest BCUT2D eigenvalue weighted by Gasteiger charge is -2.31. The van der Waals surface area contributed by atoms with Crippen molar-refractivity contribution in [3.05, 3.63) is 53.1 Å². The van der Waals surface area contributed by atoms with Crippen LogP contribution in [0.15, 0.2) is 47.4 Å². The van der Waals surface area contributed by atoms with Gasteiger partial charge in [0, 0.05) is 43.3 Å². The molecule has 0 atom stereocenters. The van der Waals surface area contributed by atoms with E-state index in [0.29, 0.717) is 28.7 Å². The maximum absolute atomic E-state index is 13.0. The molecule has 2 aromatic rings. The summed E-state index contributed by atoms with van der Waals surface area (Å²) in [5, 5.41) is 13.7. The van der Waals surface area contributed by atoms with Gasteiger partial charge in [0.05, 0.1) is 16.3 Å². The number of halogens is 4. The van der Waals surface area contributed by atoms with Gasteiger partial charge in [0.1, 0.15) is 0 Å². The Labute approximate surface area is 218 Å². The number of piperazine rings is 1. The number of anilines is 2. The van der Waals surface area contributed by atoms with Crippen LogP contribution in [0.3, 0.4) is 0 Å². The molecule has 1 saturated heterocycles. The molecule has 0 bridgehead atoms. The minimum atomic E-state index is -5.08. The van der Waals surface area contributed by atoms with Gasteiger partial charge in [-0.25, -0.2) is 13.2 Å². The van der Waals surface area contributed by atoms with E-state index in [1.807, 2.05) is 13.8 Å². The SMILES string of the molecule is CC(C)CNC(=O)c1ccc(N2CCNCC2)c(NS(=O)(=O)c2ccc(Cl)cc2)c1.O=C(O)C(F)(F)F. The smallest absolute Gasteiger partial charge is 0.475 e. The zero-order valence-corrected chi connectivity index (χ0v) is 21.7. The van der Waals surface area contributed by atoms with E-state index in [0.717, 1.165) is 31.9 Å². The van der Waals surface area contributed by atoms with Crippen molar-refractivity contribution in [2.45, 2.75) is 24.9 Å². The van der Waals surface area contributed by atoms with Gasteiger partial charge in [0.2, 0.25) is 0 Å². The molecule has 3 rings (SSSR count). The van der Waals surface area contributed by atoms with Gasteiger partial charge >= 0.3 is 12.1 Å². The maximum atomic E-state index is 13.0. The van der Waals surface area contributed by atoms with Crippen LogP contribution in [0.4, 0.5) is 24.5 Å². The van der Waals surface area contributed by atoms with Gasteiger partial charge in [0.25, 0.3) is 15.9 Å². The highest BCUT2D eigenvalue weighted by atomic mass is 35.5. The molecule has 204 valence electrons. The molecule has 37 heavy (non-hydrogen) atoms. The number of carbonyl (C=O) groups excluding carboxylic acids is 1. The lowest BCUT2D eigenvalue weighted by Crippen LogP contribution is -2.43. The van der Waals surface area contributed by atoms with E-state index in [1.165, 1.54) is 24.3 Å². The van der Waals surface area contributed by atoms with Crippen LogP contribution in [-0.2, 0) is 14.8 Å². The molecule has 1 aliphatic heterocycles. The molecule has 0 radical (unpaired) electrons. The second kappa shape index (κ2) is 13.0. The van der Waals surface area contributed by atoms with Crippen LogP contribution in [0.1, 0.15) is 24.2 Å². The number of hydrogen-bond donors (Lipinski definition) is 4. The number of rotatable bonds is 7. The molecule has 14 heteroatoms. The number of carboxylic acids is 1. The first-order chi connectivity index (χ1) is 17.2. The Hall–Kier alpha value is -3.03. The summed E-state index contributed by atoms with van der Waals surface area (Å²) in [6, 6.07) is 11.1. The quantitative estimate of drug-likeness (QED) is 0.405. The standard InChI is InChI=1S/C21H27ClN4O3S.C2HF3O2/c1-15(2)14-24-21(27)16-3-8-20(26-11-9-23-10-12-26)19(13-16)25-30(28,29)18-6-4-17(22)5-7-18;3-2(4,5)1(6)7/h3-8,13,15,23,25H,9-12,14H2,1-2H3,(H,24,27);(H,6,7). The van der Waals surface area contributed by atoms with E-state index in [4.69, 9.17) is 21.5 Å². The first-order valence-corrected chi connectivity index (χ1v) is 13.0. The molecule has 0 spiro atoms.